The molecule has 0 spiro atoms. The van der Waals surface area contributed by atoms with Gasteiger partial charge in [-0.25, -0.2) is 4.68 Å². The average molecular weight is 276 g/mol. The highest BCUT2D eigenvalue weighted by Gasteiger charge is 2.30. The summed E-state index contributed by atoms with van der Waals surface area (Å²) in [4.78, 5) is 0. The molecule has 1 aromatic heterocycles. The van der Waals surface area contributed by atoms with Gasteiger partial charge in [0.1, 0.15) is 0 Å². The van der Waals surface area contributed by atoms with Gasteiger partial charge >= 0.3 is 6.18 Å². The highest BCUT2D eigenvalue weighted by atomic mass is 19.4. The van der Waals surface area contributed by atoms with Crippen molar-refractivity contribution in [2.75, 3.05) is 0 Å². The van der Waals surface area contributed by atoms with E-state index in [1.54, 1.807) is 10.9 Å². The molecule has 0 unspecified atom stereocenters. The number of alkyl halides is 3. The molecule has 20 heavy (non-hydrogen) atoms. The maximum absolute atomic E-state index is 12.5. The van der Waals surface area contributed by atoms with Gasteiger partial charge in [-0.2, -0.15) is 18.3 Å². The van der Waals surface area contributed by atoms with Crippen molar-refractivity contribution < 1.29 is 13.2 Å². The minimum atomic E-state index is -4.32. The normalized spacial score (nSPS) is 12.0. The van der Waals surface area contributed by atoms with Crippen LogP contribution in [0.2, 0.25) is 0 Å². The van der Waals surface area contributed by atoms with Gasteiger partial charge in [-0.1, -0.05) is 11.6 Å². The Bertz CT molecular complexity index is 755. The van der Waals surface area contributed by atoms with Crippen LogP contribution >= 0.6 is 0 Å². The van der Waals surface area contributed by atoms with Crippen molar-refractivity contribution >= 4 is 10.9 Å². The number of halogens is 3. The molecular formula is C15H11F3N2. The van der Waals surface area contributed by atoms with Crippen LogP contribution in [0.3, 0.4) is 0 Å². The van der Waals surface area contributed by atoms with Crippen molar-refractivity contribution in [1.29, 1.82) is 0 Å². The standard InChI is InChI=1S/C15H11F3N2/c1-10-2-7-14-11(8-10)9-19-20(14)13-5-3-12(4-6-13)15(16,17)18/h2-9H,1H3. The van der Waals surface area contributed by atoms with Crippen LogP contribution < -0.4 is 0 Å². The molecule has 0 radical (unpaired) electrons. The second-order valence-corrected chi connectivity index (χ2v) is 4.66. The van der Waals surface area contributed by atoms with E-state index in [2.05, 4.69) is 5.10 Å². The first-order chi connectivity index (χ1) is 9.45. The van der Waals surface area contributed by atoms with Gasteiger partial charge in [0.15, 0.2) is 0 Å². The number of aryl methyl sites for hydroxylation is 1. The van der Waals surface area contributed by atoms with E-state index in [4.69, 9.17) is 0 Å². The minimum Gasteiger partial charge on any atom is -0.233 e. The van der Waals surface area contributed by atoms with Gasteiger partial charge in [0, 0.05) is 5.39 Å². The van der Waals surface area contributed by atoms with Crippen molar-refractivity contribution in [1.82, 2.24) is 9.78 Å². The summed E-state index contributed by atoms with van der Waals surface area (Å²) in [6.07, 6.45) is -2.61. The van der Waals surface area contributed by atoms with Crippen LogP contribution in [0.15, 0.2) is 48.7 Å². The van der Waals surface area contributed by atoms with Crippen LogP contribution in [0.25, 0.3) is 16.6 Å². The molecule has 0 aliphatic rings. The van der Waals surface area contributed by atoms with Crippen LogP contribution in [0.1, 0.15) is 11.1 Å². The third kappa shape index (κ3) is 2.15. The molecule has 102 valence electrons. The lowest BCUT2D eigenvalue weighted by Gasteiger charge is -2.08. The zero-order valence-electron chi connectivity index (χ0n) is 10.6. The van der Waals surface area contributed by atoms with E-state index in [1.807, 2.05) is 25.1 Å². The van der Waals surface area contributed by atoms with Gasteiger partial charge < -0.3 is 0 Å². The zero-order valence-corrected chi connectivity index (χ0v) is 10.6. The van der Waals surface area contributed by atoms with Crippen molar-refractivity contribution in [3.8, 4) is 5.69 Å². The SMILES string of the molecule is Cc1ccc2c(cnn2-c2ccc(C(F)(F)F)cc2)c1. The van der Waals surface area contributed by atoms with Gasteiger partial charge in [-0.15, -0.1) is 0 Å². The number of hydrogen-bond donors (Lipinski definition) is 0. The maximum Gasteiger partial charge on any atom is 0.416 e. The molecule has 0 aliphatic carbocycles. The third-order valence-corrected chi connectivity index (χ3v) is 3.16. The Hall–Kier alpha value is -2.30. The molecule has 1 heterocycles. The van der Waals surface area contributed by atoms with E-state index < -0.39 is 11.7 Å². The second kappa shape index (κ2) is 4.37. The molecule has 0 N–H and O–H groups in total. The smallest absolute Gasteiger partial charge is 0.233 e. The second-order valence-electron chi connectivity index (χ2n) is 4.66. The highest BCUT2D eigenvalue weighted by Crippen LogP contribution is 2.30. The van der Waals surface area contributed by atoms with E-state index in [0.29, 0.717) is 5.69 Å². The van der Waals surface area contributed by atoms with Crippen LogP contribution in [-0.4, -0.2) is 9.78 Å². The molecule has 0 atom stereocenters. The summed E-state index contributed by atoms with van der Waals surface area (Å²) in [5, 5.41) is 5.20. The molecule has 0 fully saturated rings. The fourth-order valence-corrected chi connectivity index (χ4v) is 2.15. The molecular weight excluding hydrogens is 265 g/mol. The minimum absolute atomic E-state index is 0.608. The number of aromatic nitrogens is 2. The van der Waals surface area contributed by atoms with Crippen LogP contribution in [-0.2, 0) is 6.18 Å². The lowest BCUT2D eigenvalue weighted by Crippen LogP contribution is -2.05. The molecule has 0 saturated carbocycles. The molecule has 0 amide bonds. The number of nitrogens with zero attached hydrogens (tertiary/aromatic N) is 2. The summed E-state index contributed by atoms with van der Waals surface area (Å²) < 4.78 is 39.2. The monoisotopic (exact) mass is 276 g/mol. The fraction of sp³-hybridized carbons (Fsp3) is 0.133. The Kier molecular flexibility index (Phi) is 2.78. The molecule has 5 heteroatoms. The van der Waals surface area contributed by atoms with E-state index in [0.717, 1.165) is 28.6 Å². The first-order valence-electron chi connectivity index (χ1n) is 6.07. The highest BCUT2D eigenvalue weighted by molar-refractivity contribution is 5.80. The summed E-state index contributed by atoms with van der Waals surface area (Å²) in [6.45, 7) is 1.98. The van der Waals surface area contributed by atoms with Gasteiger partial charge in [0.05, 0.1) is 23.0 Å². The zero-order chi connectivity index (χ0) is 14.3. The topological polar surface area (TPSA) is 17.8 Å². The van der Waals surface area contributed by atoms with Crippen molar-refractivity contribution in [3.63, 3.8) is 0 Å². The average Bonchev–Trinajstić information content (AvgIpc) is 2.80. The van der Waals surface area contributed by atoms with Gasteiger partial charge in [-0.3, -0.25) is 0 Å². The van der Waals surface area contributed by atoms with Crippen molar-refractivity contribution in [2.45, 2.75) is 13.1 Å². The van der Waals surface area contributed by atoms with Gasteiger partial charge in [-0.05, 0) is 43.3 Å². The summed E-state index contributed by atoms with van der Waals surface area (Å²) in [6, 6.07) is 10.8. The van der Waals surface area contributed by atoms with E-state index in [1.165, 1.54) is 12.1 Å². The van der Waals surface area contributed by atoms with Crippen LogP contribution in [0.5, 0.6) is 0 Å². The molecule has 2 nitrogen and oxygen atoms in total. The lowest BCUT2D eigenvalue weighted by atomic mass is 10.1. The van der Waals surface area contributed by atoms with Crippen molar-refractivity contribution in [3.05, 3.63) is 59.8 Å². The Morgan fingerprint density at radius 2 is 1.70 bits per heavy atom. The Morgan fingerprint density at radius 3 is 2.35 bits per heavy atom. The molecule has 3 aromatic rings. The number of fused-ring (bicyclic) bond motifs is 1. The van der Waals surface area contributed by atoms with Crippen LogP contribution in [0, 0.1) is 6.92 Å². The fourth-order valence-electron chi connectivity index (χ4n) is 2.15. The quantitative estimate of drug-likeness (QED) is 0.646. The summed E-state index contributed by atoms with van der Waals surface area (Å²) in [5.41, 5.74) is 1.94. The van der Waals surface area contributed by atoms with E-state index in [9.17, 15) is 13.2 Å². The van der Waals surface area contributed by atoms with E-state index in [-0.39, 0.29) is 0 Å². The summed E-state index contributed by atoms with van der Waals surface area (Å²) in [5.74, 6) is 0. The third-order valence-electron chi connectivity index (χ3n) is 3.16. The van der Waals surface area contributed by atoms with E-state index >= 15 is 0 Å². The Labute approximate surface area is 113 Å². The Balaban J connectivity index is 2.07. The predicted octanol–water partition coefficient (Wildman–Crippen LogP) is 4.35. The molecule has 2 aromatic carbocycles. The first-order valence-corrected chi connectivity index (χ1v) is 6.07. The predicted molar refractivity (Wildman–Crippen MR) is 70.8 cm³/mol. The lowest BCUT2D eigenvalue weighted by molar-refractivity contribution is -0.137. The molecule has 0 bridgehead atoms. The Morgan fingerprint density at radius 1 is 1.00 bits per heavy atom. The molecule has 0 saturated heterocycles. The number of hydrogen-bond acceptors (Lipinski definition) is 1. The number of rotatable bonds is 1. The van der Waals surface area contributed by atoms with Gasteiger partial charge in [0.25, 0.3) is 0 Å². The first kappa shape index (κ1) is 12.7. The summed E-state index contributed by atoms with van der Waals surface area (Å²) >= 11 is 0. The molecule has 3 rings (SSSR count). The molecule has 0 aliphatic heterocycles. The van der Waals surface area contributed by atoms with Crippen molar-refractivity contribution in [2.24, 2.45) is 0 Å². The largest absolute Gasteiger partial charge is 0.416 e. The summed E-state index contributed by atoms with van der Waals surface area (Å²) in [7, 11) is 0. The maximum atomic E-state index is 12.5. The van der Waals surface area contributed by atoms with Gasteiger partial charge in [0.2, 0.25) is 0 Å². The van der Waals surface area contributed by atoms with Crippen LogP contribution in [0.4, 0.5) is 13.2 Å². The number of benzene rings is 2.